The summed E-state index contributed by atoms with van der Waals surface area (Å²) in [4.78, 5) is 16.0. The number of rotatable bonds is 6. The Hall–Kier alpha value is -1.36. The van der Waals surface area contributed by atoms with Gasteiger partial charge in [0, 0.05) is 24.5 Å². The Bertz CT molecular complexity index is 376. The predicted octanol–water partition coefficient (Wildman–Crippen LogP) is 1.76. The van der Waals surface area contributed by atoms with E-state index < -0.39 is 5.54 Å². The number of carbonyl (C=O) groups is 1. The first-order valence-corrected chi connectivity index (χ1v) is 6.22. The van der Waals surface area contributed by atoms with E-state index in [1.807, 2.05) is 31.5 Å². The van der Waals surface area contributed by atoms with Gasteiger partial charge in [0.1, 0.15) is 5.54 Å². The largest absolute Gasteiger partial charge is 0.468 e. The van der Waals surface area contributed by atoms with Gasteiger partial charge in [-0.2, -0.15) is 0 Å². The Kier molecular flexibility index (Phi) is 4.90. The monoisotopic (exact) mass is 253 g/mol. The maximum absolute atomic E-state index is 12.0. The summed E-state index contributed by atoms with van der Waals surface area (Å²) in [6.45, 7) is 7.98. The fourth-order valence-corrected chi connectivity index (χ4v) is 2.29. The van der Waals surface area contributed by atoms with Crippen LogP contribution in [-0.2, 0) is 9.53 Å². The highest BCUT2D eigenvalue weighted by molar-refractivity contribution is 5.80. The molecule has 1 N–H and O–H groups in total. The number of carbonyl (C=O) groups excluding carboxylic acids is 1. The van der Waals surface area contributed by atoms with E-state index in [2.05, 4.69) is 17.2 Å². The van der Waals surface area contributed by atoms with Gasteiger partial charge in [-0.25, -0.2) is 4.98 Å². The van der Waals surface area contributed by atoms with Crippen molar-refractivity contribution >= 4 is 5.97 Å². The Morgan fingerprint density at radius 1 is 1.50 bits per heavy atom. The number of aromatic nitrogens is 2. The molecule has 0 bridgehead atoms. The molecule has 5 heteroatoms. The fraction of sp³-hybridized carbons (Fsp3) is 0.692. The zero-order chi connectivity index (χ0) is 13.8. The van der Waals surface area contributed by atoms with E-state index in [1.54, 1.807) is 12.5 Å². The van der Waals surface area contributed by atoms with Gasteiger partial charge in [0.25, 0.3) is 0 Å². The standard InChI is InChI=1S/C13H23N3O2/c1-10(2)15-13(4,12(17)18-5)8-11(3)16-7-6-14-9-16/h6-7,9-11,15H,8H2,1-5H3. The molecule has 0 radical (unpaired) electrons. The number of imidazole rings is 1. The van der Waals surface area contributed by atoms with Crippen LogP contribution in [0.3, 0.4) is 0 Å². The molecule has 1 rings (SSSR count). The van der Waals surface area contributed by atoms with E-state index in [0.29, 0.717) is 6.42 Å². The molecule has 5 nitrogen and oxygen atoms in total. The quantitative estimate of drug-likeness (QED) is 0.785. The van der Waals surface area contributed by atoms with Gasteiger partial charge in [-0.3, -0.25) is 10.1 Å². The van der Waals surface area contributed by atoms with Crippen molar-refractivity contribution in [2.24, 2.45) is 0 Å². The number of hydrogen-bond donors (Lipinski definition) is 1. The first-order chi connectivity index (χ1) is 8.39. The van der Waals surface area contributed by atoms with Gasteiger partial charge < -0.3 is 9.30 Å². The maximum atomic E-state index is 12.0. The molecular weight excluding hydrogens is 230 g/mol. The average Bonchev–Trinajstić information content (AvgIpc) is 2.79. The molecule has 0 amide bonds. The number of ether oxygens (including phenoxy) is 1. The number of methoxy groups -OCH3 is 1. The summed E-state index contributed by atoms with van der Waals surface area (Å²) in [5.74, 6) is -0.233. The lowest BCUT2D eigenvalue weighted by atomic mass is 9.92. The molecule has 0 fully saturated rings. The second-order valence-electron chi connectivity index (χ2n) is 5.19. The zero-order valence-corrected chi connectivity index (χ0v) is 11.8. The third-order valence-electron chi connectivity index (χ3n) is 2.98. The molecule has 0 aliphatic heterocycles. The van der Waals surface area contributed by atoms with Crippen molar-refractivity contribution < 1.29 is 9.53 Å². The molecule has 0 saturated heterocycles. The van der Waals surface area contributed by atoms with E-state index in [0.717, 1.165) is 0 Å². The minimum Gasteiger partial charge on any atom is -0.468 e. The van der Waals surface area contributed by atoms with E-state index in [4.69, 9.17) is 4.74 Å². The third kappa shape index (κ3) is 3.57. The average molecular weight is 253 g/mol. The van der Waals surface area contributed by atoms with E-state index in [9.17, 15) is 4.79 Å². The van der Waals surface area contributed by atoms with Crippen LogP contribution in [0.5, 0.6) is 0 Å². The molecule has 102 valence electrons. The van der Waals surface area contributed by atoms with Gasteiger partial charge in [0.05, 0.1) is 13.4 Å². The molecule has 0 aromatic carbocycles. The molecule has 0 spiro atoms. The number of hydrogen-bond acceptors (Lipinski definition) is 4. The van der Waals surface area contributed by atoms with E-state index in [-0.39, 0.29) is 18.1 Å². The van der Waals surface area contributed by atoms with Crippen molar-refractivity contribution in [1.29, 1.82) is 0 Å². The highest BCUT2D eigenvalue weighted by atomic mass is 16.5. The van der Waals surface area contributed by atoms with Crippen LogP contribution in [0.4, 0.5) is 0 Å². The third-order valence-corrected chi connectivity index (χ3v) is 2.98. The van der Waals surface area contributed by atoms with Gasteiger partial charge in [-0.15, -0.1) is 0 Å². The minimum atomic E-state index is -0.688. The van der Waals surface area contributed by atoms with Crippen LogP contribution in [0.15, 0.2) is 18.7 Å². The lowest BCUT2D eigenvalue weighted by Gasteiger charge is -2.32. The summed E-state index contributed by atoms with van der Waals surface area (Å²) >= 11 is 0. The van der Waals surface area contributed by atoms with Crippen LogP contribution < -0.4 is 5.32 Å². The summed E-state index contributed by atoms with van der Waals surface area (Å²) in [6.07, 6.45) is 6.05. The summed E-state index contributed by atoms with van der Waals surface area (Å²) in [6, 6.07) is 0.381. The molecule has 2 atom stereocenters. The molecule has 0 aliphatic rings. The van der Waals surface area contributed by atoms with Crippen molar-refractivity contribution in [1.82, 2.24) is 14.9 Å². The Balaban J connectivity index is 2.81. The lowest BCUT2D eigenvalue weighted by Crippen LogP contribution is -2.53. The lowest BCUT2D eigenvalue weighted by molar-refractivity contribution is -0.149. The van der Waals surface area contributed by atoms with Crippen LogP contribution in [0, 0.1) is 0 Å². The molecule has 0 aliphatic carbocycles. The van der Waals surface area contributed by atoms with E-state index >= 15 is 0 Å². The topological polar surface area (TPSA) is 56.2 Å². The first kappa shape index (κ1) is 14.7. The summed E-state index contributed by atoms with van der Waals surface area (Å²) in [7, 11) is 1.42. The Morgan fingerprint density at radius 2 is 2.17 bits per heavy atom. The first-order valence-electron chi connectivity index (χ1n) is 6.22. The van der Waals surface area contributed by atoms with Gasteiger partial charge in [-0.05, 0) is 34.1 Å². The van der Waals surface area contributed by atoms with Gasteiger partial charge in [0.2, 0.25) is 0 Å². The van der Waals surface area contributed by atoms with Gasteiger partial charge >= 0.3 is 5.97 Å². The normalized spacial score (nSPS) is 16.3. The molecule has 18 heavy (non-hydrogen) atoms. The smallest absolute Gasteiger partial charge is 0.325 e. The summed E-state index contributed by atoms with van der Waals surface area (Å²) in [5.41, 5.74) is -0.688. The maximum Gasteiger partial charge on any atom is 0.325 e. The second kappa shape index (κ2) is 6.00. The van der Waals surface area contributed by atoms with Crippen molar-refractivity contribution in [3.63, 3.8) is 0 Å². The molecular formula is C13H23N3O2. The van der Waals surface area contributed by atoms with Gasteiger partial charge in [-0.1, -0.05) is 0 Å². The Morgan fingerprint density at radius 3 is 2.61 bits per heavy atom. The van der Waals surface area contributed by atoms with Crippen LogP contribution in [0.25, 0.3) is 0 Å². The predicted molar refractivity (Wildman–Crippen MR) is 70.2 cm³/mol. The minimum absolute atomic E-state index is 0.169. The van der Waals surface area contributed by atoms with Crippen molar-refractivity contribution in [2.45, 2.75) is 51.7 Å². The number of esters is 1. The van der Waals surface area contributed by atoms with Crippen LogP contribution in [0.2, 0.25) is 0 Å². The molecule has 1 aromatic heterocycles. The molecule has 0 saturated carbocycles. The molecule has 1 heterocycles. The zero-order valence-electron chi connectivity index (χ0n) is 11.8. The number of nitrogens with one attached hydrogen (secondary N) is 1. The van der Waals surface area contributed by atoms with Crippen LogP contribution >= 0.6 is 0 Å². The van der Waals surface area contributed by atoms with E-state index in [1.165, 1.54) is 7.11 Å². The van der Waals surface area contributed by atoms with Crippen molar-refractivity contribution in [2.75, 3.05) is 7.11 Å². The SMILES string of the molecule is COC(=O)C(C)(CC(C)n1ccnc1)NC(C)C. The highest BCUT2D eigenvalue weighted by Gasteiger charge is 2.36. The van der Waals surface area contributed by atoms with Crippen LogP contribution in [0.1, 0.15) is 40.2 Å². The van der Waals surface area contributed by atoms with Gasteiger partial charge in [0.15, 0.2) is 0 Å². The summed E-state index contributed by atoms with van der Waals surface area (Å²) < 4.78 is 6.90. The second-order valence-corrected chi connectivity index (χ2v) is 5.19. The molecule has 1 aromatic rings. The van der Waals surface area contributed by atoms with Crippen LogP contribution in [-0.4, -0.2) is 34.2 Å². The molecule has 2 unspecified atom stereocenters. The fourth-order valence-electron chi connectivity index (χ4n) is 2.29. The van der Waals surface area contributed by atoms with Crippen molar-refractivity contribution in [3.8, 4) is 0 Å². The summed E-state index contributed by atoms with van der Waals surface area (Å²) in [5, 5.41) is 3.29. The highest BCUT2D eigenvalue weighted by Crippen LogP contribution is 2.22. The number of nitrogens with zero attached hydrogens (tertiary/aromatic N) is 2. The van der Waals surface area contributed by atoms with Crippen molar-refractivity contribution in [3.05, 3.63) is 18.7 Å². The Labute approximate surface area is 109 Å².